The molecular weight excluding hydrogens is 495 g/mol. The summed E-state index contributed by atoms with van der Waals surface area (Å²) in [6.07, 6.45) is 1.22. The Morgan fingerprint density at radius 3 is 2.10 bits per heavy atom. The minimum Gasteiger partial charge on any atom is -0.495 e. The summed E-state index contributed by atoms with van der Waals surface area (Å²) in [6, 6.07) is 29.0. The van der Waals surface area contributed by atoms with E-state index in [-0.39, 0.29) is 29.0 Å². The molecule has 6 rings (SSSR count). The fourth-order valence-corrected chi connectivity index (χ4v) is 5.04. The summed E-state index contributed by atoms with van der Waals surface area (Å²) in [4.78, 5) is 17.0. The van der Waals surface area contributed by atoms with Crippen LogP contribution in [0.4, 0.5) is 4.39 Å². The van der Waals surface area contributed by atoms with E-state index in [0.717, 1.165) is 11.1 Å². The molecule has 0 saturated heterocycles. The molecule has 0 saturated carbocycles. The minimum absolute atomic E-state index is 0.0447. The number of aromatic amines is 1. The largest absolute Gasteiger partial charge is 0.495 e. The van der Waals surface area contributed by atoms with E-state index in [2.05, 4.69) is 4.98 Å². The van der Waals surface area contributed by atoms with Crippen molar-refractivity contribution in [3.8, 4) is 17.4 Å². The second-order valence-electron chi connectivity index (χ2n) is 9.23. The standard InChI is InChI=1S/C32H25FN2O4/c1-38-29-24-13-8-18-34-27(24)30(39-28(21-9-4-2-5-10-21)22-11-6-3-7-12-22)26-25(29)31(36)35(32(26)37)19-20-14-16-23(33)17-15-20/h2-18,28,34,37H,19H2,1H3. The molecule has 2 heterocycles. The lowest BCUT2D eigenvalue weighted by Gasteiger charge is -2.22. The van der Waals surface area contributed by atoms with Crippen molar-refractivity contribution in [3.05, 3.63) is 136 Å². The van der Waals surface area contributed by atoms with Crippen LogP contribution in [0, 0.1) is 5.82 Å². The molecule has 4 aromatic carbocycles. The van der Waals surface area contributed by atoms with Crippen LogP contribution in [-0.2, 0) is 6.54 Å². The number of ether oxygens (including phenoxy) is 2. The molecule has 7 heteroatoms. The van der Waals surface area contributed by atoms with Gasteiger partial charge in [-0.3, -0.25) is 9.36 Å². The fourth-order valence-electron chi connectivity index (χ4n) is 5.04. The Hall–Kier alpha value is -5.04. The quantitative estimate of drug-likeness (QED) is 0.250. The Morgan fingerprint density at radius 1 is 0.846 bits per heavy atom. The van der Waals surface area contributed by atoms with E-state index < -0.39 is 11.7 Å². The van der Waals surface area contributed by atoms with Gasteiger partial charge in [-0.25, -0.2) is 4.39 Å². The van der Waals surface area contributed by atoms with Gasteiger partial charge in [0.2, 0.25) is 5.88 Å². The molecule has 0 bridgehead atoms. The zero-order valence-electron chi connectivity index (χ0n) is 21.1. The van der Waals surface area contributed by atoms with Gasteiger partial charge in [-0.05, 0) is 41.0 Å². The molecule has 0 fully saturated rings. The Balaban J connectivity index is 1.63. The van der Waals surface area contributed by atoms with Crippen LogP contribution in [0.25, 0.3) is 21.7 Å². The summed E-state index contributed by atoms with van der Waals surface area (Å²) < 4.78 is 27.3. The summed E-state index contributed by atoms with van der Waals surface area (Å²) >= 11 is 0. The first kappa shape index (κ1) is 24.3. The number of nitrogens with one attached hydrogen (secondary N) is 1. The third-order valence-corrected chi connectivity index (χ3v) is 6.87. The Labute approximate surface area is 223 Å². The zero-order valence-corrected chi connectivity index (χ0v) is 21.1. The summed E-state index contributed by atoms with van der Waals surface area (Å²) in [7, 11) is 1.49. The van der Waals surface area contributed by atoms with E-state index in [0.29, 0.717) is 28.0 Å². The second-order valence-corrected chi connectivity index (χ2v) is 9.23. The molecule has 0 radical (unpaired) electrons. The molecule has 6 aromatic rings. The smallest absolute Gasteiger partial charge is 0.265 e. The van der Waals surface area contributed by atoms with E-state index in [1.165, 1.54) is 23.8 Å². The van der Waals surface area contributed by atoms with Crippen LogP contribution in [0.1, 0.15) is 22.8 Å². The normalized spacial score (nSPS) is 11.4. The summed E-state index contributed by atoms with van der Waals surface area (Å²) in [5.41, 5.74) is 2.62. The number of hydrogen-bond acceptors (Lipinski definition) is 4. The number of fused-ring (bicyclic) bond motifs is 2. The molecule has 0 aliphatic carbocycles. The predicted octanol–water partition coefficient (Wildman–Crippen LogP) is 6.55. The average molecular weight is 521 g/mol. The number of H-pyrrole nitrogens is 1. The first-order valence-corrected chi connectivity index (χ1v) is 12.5. The van der Waals surface area contributed by atoms with Gasteiger partial charge in [0.25, 0.3) is 5.56 Å². The number of benzene rings is 4. The Morgan fingerprint density at radius 2 is 1.49 bits per heavy atom. The maximum atomic E-state index is 13.8. The molecule has 0 aliphatic heterocycles. The van der Waals surface area contributed by atoms with Crippen molar-refractivity contribution in [2.45, 2.75) is 12.6 Å². The summed E-state index contributed by atoms with van der Waals surface area (Å²) in [5.74, 6) is 0.0199. The highest BCUT2D eigenvalue weighted by Gasteiger charge is 2.29. The van der Waals surface area contributed by atoms with Gasteiger partial charge in [0.1, 0.15) is 17.7 Å². The highest BCUT2D eigenvalue weighted by atomic mass is 19.1. The van der Waals surface area contributed by atoms with Crippen LogP contribution in [0.2, 0.25) is 0 Å². The molecule has 0 amide bonds. The predicted molar refractivity (Wildman–Crippen MR) is 149 cm³/mol. The number of aromatic hydroxyl groups is 1. The molecule has 0 atom stereocenters. The first-order chi connectivity index (χ1) is 19.1. The van der Waals surface area contributed by atoms with Gasteiger partial charge in [-0.15, -0.1) is 0 Å². The van der Waals surface area contributed by atoms with Crippen molar-refractivity contribution in [1.29, 1.82) is 0 Å². The highest BCUT2D eigenvalue weighted by Crippen LogP contribution is 2.46. The third kappa shape index (κ3) is 4.28. The second kappa shape index (κ2) is 10.0. The van der Waals surface area contributed by atoms with Crippen LogP contribution < -0.4 is 15.0 Å². The fraction of sp³-hybridized carbons (Fsp3) is 0.0938. The van der Waals surface area contributed by atoms with E-state index >= 15 is 0 Å². The SMILES string of the molecule is COc1c2ccc[nH]c2c(OC(c2ccccc2)c2ccccc2)c2c(O)n(Cc3ccc(F)cc3)c(=O)c12. The number of aromatic nitrogens is 2. The highest BCUT2D eigenvalue weighted by molar-refractivity contribution is 6.11. The number of methoxy groups -OCH3 is 1. The van der Waals surface area contributed by atoms with Crippen molar-refractivity contribution in [2.75, 3.05) is 7.11 Å². The monoisotopic (exact) mass is 520 g/mol. The molecule has 0 unspecified atom stereocenters. The number of pyridine rings is 1. The van der Waals surface area contributed by atoms with Crippen LogP contribution in [0.15, 0.2) is 108 Å². The van der Waals surface area contributed by atoms with Crippen molar-refractivity contribution in [1.82, 2.24) is 9.55 Å². The van der Waals surface area contributed by atoms with E-state index in [9.17, 15) is 14.3 Å². The van der Waals surface area contributed by atoms with Crippen LogP contribution in [0.3, 0.4) is 0 Å². The number of hydrogen-bond donors (Lipinski definition) is 2. The van der Waals surface area contributed by atoms with E-state index in [1.807, 2.05) is 72.8 Å². The maximum absolute atomic E-state index is 13.8. The topological polar surface area (TPSA) is 76.5 Å². The molecule has 0 aliphatic rings. The van der Waals surface area contributed by atoms with Gasteiger partial charge >= 0.3 is 0 Å². The molecule has 2 aromatic heterocycles. The number of rotatable bonds is 7. The number of halogens is 1. The van der Waals surface area contributed by atoms with Crippen molar-refractivity contribution in [2.24, 2.45) is 0 Å². The van der Waals surface area contributed by atoms with E-state index in [1.54, 1.807) is 18.3 Å². The minimum atomic E-state index is -0.532. The van der Waals surface area contributed by atoms with E-state index in [4.69, 9.17) is 9.47 Å². The Kier molecular flexibility index (Phi) is 6.25. The summed E-state index contributed by atoms with van der Waals surface area (Å²) in [6.45, 7) is 0.0447. The molecule has 0 spiro atoms. The molecule has 6 nitrogen and oxygen atoms in total. The van der Waals surface area contributed by atoms with Gasteiger partial charge in [-0.1, -0.05) is 72.8 Å². The maximum Gasteiger partial charge on any atom is 0.265 e. The average Bonchev–Trinajstić information content (AvgIpc) is 3.22. The summed E-state index contributed by atoms with van der Waals surface area (Å²) in [5, 5.41) is 12.6. The molecule has 2 N–H and O–H groups in total. The van der Waals surface area contributed by atoms with Gasteiger partial charge in [-0.2, -0.15) is 0 Å². The number of nitrogens with zero attached hydrogens (tertiary/aromatic N) is 1. The van der Waals surface area contributed by atoms with Gasteiger partial charge in [0.15, 0.2) is 5.75 Å². The van der Waals surface area contributed by atoms with Gasteiger partial charge in [0.05, 0.1) is 29.9 Å². The van der Waals surface area contributed by atoms with Crippen molar-refractivity contribution >= 4 is 21.7 Å². The molecule has 194 valence electrons. The zero-order chi connectivity index (χ0) is 26.9. The lowest BCUT2D eigenvalue weighted by atomic mass is 10.0. The van der Waals surface area contributed by atoms with Crippen molar-refractivity contribution < 1.29 is 19.0 Å². The first-order valence-electron chi connectivity index (χ1n) is 12.5. The van der Waals surface area contributed by atoms with Gasteiger partial charge in [0, 0.05) is 11.6 Å². The lowest BCUT2D eigenvalue weighted by Crippen LogP contribution is -2.16. The van der Waals surface area contributed by atoms with Crippen molar-refractivity contribution in [3.63, 3.8) is 0 Å². The molecule has 39 heavy (non-hydrogen) atoms. The van der Waals surface area contributed by atoms with Crippen LogP contribution in [0.5, 0.6) is 17.4 Å². The third-order valence-electron chi connectivity index (χ3n) is 6.87. The Bertz CT molecular complexity index is 1790. The van der Waals surface area contributed by atoms with Gasteiger partial charge < -0.3 is 19.6 Å². The lowest BCUT2D eigenvalue weighted by molar-refractivity contribution is 0.252. The van der Waals surface area contributed by atoms with Crippen LogP contribution in [-0.4, -0.2) is 21.8 Å². The van der Waals surface area contributed by atoms with Crippen LogP contribution >= 0.6 is 0 Å². The molecular formula is C32H25FN2O4.